The minimum Gasteiger partial charge on any atom is -0.457 e. The summed E-state index contributed by atoms with van der Waals surface area (Å²) in [6.07, 6.45) is 3.16. The van der Waals surface area contributed by atoms with Gasteiger partial charge in [-0.25, -0.2) is 4.79 Å². The van der Waals surface area contributed by atoms with Crippen molar-refractivity contribution in [3.8, 4) is 0 Å². The van der Waals surface area contributed by atoms with Crippen LogP contribution in [0.15, 0.2) is 22.6 Å². The molecule has 90 valence electrons. The third-order valence-electron chi connectivity index (χ3n) is 3.53. The number of furan rings is 2. The van der Waals surface area contributed by atoms with Crippen molar-refractivity contribution in [1.29, 1.82) is 0 Å². The van der Waals surface area contributed by atoms with E-state index in [4.69, 9.17) is 9.15 Å². The highest BCUT2D eigenvalue weighted by Gasteiger charge is 2.42. The van der Waals surface area contributed by atoms with Gasteiger partial charge in [-0.3, -0.25) is 0 Å². The van der Waals surface area contributed by atoms with E-state index in [1.807, 2.05) is 18.2 Å². The van der Waals surface area contributed by atoms with Gasteiger partial charge < -0.3 is 13.9 Å². The zero-order chi connectivity index (χ0) is 11.9. The van der Waals surface area contributed by atoms with Crippen molar-refractivity contribution in [3.05, 3.63) is 23.8 Å². The SMILES string of the molecule is COC(=O)OC1(c2cc3ccc2o3)CCCC1. The first-order valence-corrected chi connectivity index (χ1v) is 5.83. The Kier molecular flexibility index (Phi) is 2.24. The smallest absolute Gasteiger partial charge is 0.457 e. The monoisotopic (exact) mass is 234 g/mol. The lowest BCUT2D eigenvalue weighted by Crippen LogP contribution is -2.29. The third-order valence-corrected chi connectivity index (χ3v) is 3.53. The van der Waals surface area contributed by atoms with Gasteiger partial charge >= 0.3 is 6.16 Å². The van der Waals surface area contributed by atoms with Crippen molar-refractivity contribution in [2.24, 2.45) is 0 Å². The molecule has 0 saturated heterocycles. The molecule has 0 N–H and O–H groups in total. The summed E-state index contributed by atoms with van der Waals surface area (Å²) in [5.74, 6) is 0. The van der Waals surface area contributed by atoms with Crippen LogP contribution in [0.25, 0.3) is 11.2 Å². The van der Waals surface area contributed by atoms with Gasteiger partial charge in [0.2, 0.25) is 0 Å². The molecule has 0 spiro atoms. The first-order chi connectivity index (χ1) is 8.23. The predicted molar refractivity (Wildman–Crippen MR) is 61.0 cm³/mol. The Labute approximate surface area is 98.8 Å². The fraction of sp³-hybridized carbons (Fsp3) is 0.462. The normalized spacial score (nSPS) is 18.6. The Balaban J connectivity index is 1.99. The molecule has 2 heterocycles. The Hall–Kier alpha value is -1.71. The standard InChI is InChI=1S/C13H14O4/c1-15-12(14)17-13(6-2-3-7-13)10-8-9-4-5-11(10)16-9/h4-5,8H,2-3,6-7H2,1H3. The summed E-state index contributed by atoms with van der Waals surface area (Å²) in [5.41, 5.74) is 2.08. The van der Waals surface area contributed by atoms with E-state index in [9.17, 15) is 4.79 Å². The first kappa shape index (κ1) is 10.4. The number of hydrogen-bond donors (Lipinski definition) is 0. The van der Waals surface area contributed by atoms with Gasteiger partial charge in [0, 0.05) is 5.56 Å². The maximum Gasteiger partial charge on any atom is 0.508 e. The molecule has 3 rings (SSSR count). The van der Waals surface area contributed by atoms with Gasteiger partial charge in [-0.1, -0.05) is 0 Å². The molecule has 0 radical (unpaired) electrons. The summed E-state index contributed by atoms with van der Waals surface area (Å²) < 4.78 is 15.7. The molecule has 0 aromatic carbocycles. The van der Waals surface area contributed by atoms with Gasteiger partial charge in [-0.2, -0.15) is 0 Å². The van der Waals surface area contributed by atoms with Gasteiger partial charge in [-0.15, -0.1) is 0 Å². The Bertz CT molecular complexity index is 522. The number of rotatable bonds is 2. The van der Waals surface area contributed by atoms with Crippen molar-refractivity contribution in [3.63, 3.8) is 0 Å². The molecule has 1 saturated carbocycles. The molecule has 0 aliphatic heterocycles. The lowest BCUT2D eigenvalue weighted by Gasteiger charge is -2.27. The number of ether oxygens (including phenoxy) is 2. The third kappa shape index (κ3) is 1.55. The fourth-order valence-electron chi connectivity index (χ4n) is 2.72. The highest BCUT2D eigenvalue weighted by molar-refractivity contribution is 5.69. The van der Waals surface area contributed by atoms with E-state index >= 15 is 0 Å². The van der Waals surface area contributed by atoms with Gasteiger partial charge in [0.15, 0.2) is 0 Å². The van der Waals surface area contributed by atoms with E-state index in [1.165, 1.54) is 7.11 Å². The topological polar surface area (TPSA) is 48.7 Å². The van der Waals surface area contributed by atoms with Gasteiger partial charge in [0.25, 0.3) is 0 Å². The van der Waals surface area contributed by atoms with Crippen molar-refractivity contribution in [2.45, 2.75) is 31.3 Å². The number of methoxy groups -OCH3 is 1. The number of hydrogen-bond acceptors (Lipinski definition) is 4. The van der Waals surface area contributed by atoms with Crippen LogP contribution in [0.3, 0.4) is 0 Å². The van der Waals surface area contributed by atoms with Crippen LogP contribution >= 0.6 is 0 Å². The van der Waals surface area contributed by atoms with Gasteiger partial charge in [0.1, 0.15) is 16.8 Å². The molecule has 4 heteroatoms. The van der Waals surface area contributed by atoms with Crippen LogP contribution in [0.2, 0.25) is 0 Å². The molecule has 17 heavy (non-hydrogen) atoms. The lowest BCUT2D eigenvalue weighted by atomic mass is 9.92. The zero-order valence-electron chi connectivity index (χ0n) is 9.69. The minimum atomic E-state index is -0.620. The average Bonchev–Trinajstić information content (AvgIpc) is 3.04. The quantitative estimate of drug-likeness (QED) is 0.747. The summed E-state index contributed by atoms with van der Waals surface area (Å²) >= 11 is 0. The summed E-state index contributed by atoms with van der Waals surface area (Å²) in [6, 6.07) is 5.80. The molecule has 4 nitrogen and oxygen atoms in total. The molecule has 2 bridgehead atoms. The van der Waals surface area contributed by atoms with Gasteiger partial charge in [0.05, 0.1) is 7.11 Å². The predicted octanol–water partition coefficient (Wildman–Crippen LogP) is 3.42. The van der Waals surface area contributed by atoms with Crippen LogP contribution in [0.5, 0.6) is 0 Å². The van der Waals surface area contributed by atoms with Crippen LogP contribution < -0.4 is 0 Å². The van der Waals surface area contributed by atoms with Crippen molar-refractivity contribution in [1.82, 2.24) is 0 Å². The van der Waals surface area contributed by atoms with Crippen LogP contribution in [0, 0.1) is 0 Å². The lowest BCUT2D eigenvalue weighted by molar-refractivity contribution is -0.0269. The van der Waals surface area contributed by atoms with E-state index < -0.39 is 11.8 Å². The second-order valence-electron chi connectivity index (χ2n) is 4.52. The zero-order valence-corrected chi connectivity index (χ0v) is 9.69. The van der Waals surface area contributed by atoms with Crippen LogP contribution in [0.1, 0.15) is 31.2 Å². The second-order valence-corrected chi connectivity index (χ2v) is 4.52. The highest BCUT2D eigenvalue weighted by atomic mass is 16.7. The van der Waals surface area contributed by atoms with Crippen molar-refractivity contribution >= 4 is 17.3 Å². The molecule has 0 atom stereocenters. The average molecular weight is 234 g/mol. The molecule has 1 fully saturated rings. The largest absolute Gasteiger partial charge is 0.508 e. The summed E-state index contributed by atoms with van der Waals surface area (Å²) in [6.45, 7) is 0. The molecule has 2 aromatic heterocycles. The highest BCUT2D eigenvalue weighted by Crippen LogP contribution is 2.45. The Morgan fingerprint density at radius 3 is 2.65 bits per heavy atom. The van der Waals surface area contributed by atoms with E-state index in [0.717, 1.165) is 42.4 Å². The Morgan fingerprint density at radius 2 is 2.12 bits per heavy atom. The molecule has 0 amide bonds. The number of fused-ring (bicyclic) bond motifs is 2. The van der Waals surface area contributed by atoms with Crippen LogP contribution in [-0.4, -0.2) is 13.3 Å². The van der Waals surface area contributed by atoms with E-state index in [-0.39, 0.29) is 0 Å². The molecule has 2 aromatic rings. The fourth-order valence-corrected chi connectivity index (χ4v) is 2.72. The van der Waals surface area contributed by atoms with Crippen molar-refractivity contribution < 1.29 is 18.7 Å². The molecule has 0 unspecified atom stereocenters. The van der Waals surface area contributed by atoms with E-state index in [1.54, 1.807) is 0 Å². The molecular formula is C13H14O4. The molecule has 1 aliphatic carbocycles. The van der Waals surface area contributed by atoms with Gasteiger partial charge in [-0.05, 0) is 43.9 Å². The second kappa shape index (κ2) is 3.65. The summed E-state index contributed by atoms with van der Waals surface area (Å²) in [4.78, 5) is 11.4. The minimum absolute atomic E-state index is 0.547. The number of benzene rings is 1. The van der Waals surface area contributed by atoms with Crippen LogP contribution in [-0.2, 0) is 15.1 Å². The maximum absolute atomic E-state index is 11.4. The van der Waals surface area contributed by atoms with Crippen LogP contribution in [0.4, 0.5) is 4.79 Å². The summed E-state index contributed by atoms with van der Waals surface area (Å²) in [7, 11) is 1.33. The van der Waals surface area contributed by atoms with E-state index in [2.05, 4.69) is 4.74 Å². The molecular weight excluding hydrogens is 220 g/mol. The number of carbonyl (C=O) groups excluding carboxylic acids is 1. The number of carbonyl (C=O) groups is 1. The maximum atomic E-state index is 11.4. The van der Waals surface area contributed by atoms with E-state index in [0.29, 0.717) is 0 Å². The summed E-state index contributed by atoms with van der Waals surface area (Å²) in [5, 5.41) is 0. The molecule has 1 aliphatic rings. The van der Waals surface area contributed by atoms with Crippen molar-refractivity contribution in [2.75, 3.05) is 7.11 Å². The first-order valence-electron chi connectivity index (χ1n) is 5.83. The Morgan fingerprint density at radius 1 is 1.35 bits per heavy atom.